The first-order valence-corrected chi connectivity index (χ1v) is 5.73. The lowest BCUT2D eigenvalue weighted by atomic mass is 10.1. The number of hydrogen-bond acceptors (Lipinski definition) is 5. The van der Waals surface area contributed by atoms with Gasteiger partial charge in [0.2, 0.25) is 12.2 Å². The van der Waals surface area contributed by atoms with Gasteiger partial charge in [0.25, 0.3) is 0 Å². The van der Waals surface area contributed by atoms with E-state index in [0.29, 0.717) is 5.56 Å². The van der Waals surface area contributed by atoms with Gasteiger partial charge in [-0.3, -0.25) is 4.79 Å². The van der Waals surface area contributed by atoms with Gasteiger partial charge in [-0.05, 0) is 6.08 Å². The summed E-state index contributed by atoms with van der Waals surface area (Å²) < 4.78 is 9.52. The van der Waals surface area contributed by atoms with Gasteiger partial charge in [0.1, 0.15) is 0 Å². The maximum absolute atomic E-state index is 11.8. The number of carbonyl (C=O) groups is 3. The average Bonchev–Trinajstić information content (AvgIpc) is 2.42. The first-order valence-electron chi connectivity index (χ1n) is 5.73. The van der Waals surface area contributed by atoms with E-state index in [9.17, 15) is 14.4 Å². The average molecular weight is 278 g/mol. The third-order valence-electron chi connectivity index (χ3n) is 2.30. The third-order valence-corrected chi connectivity index (χ3v) is 2.30. The Kier molecular flexibility index (Phi) is 5.46. The topological polar surface area (TPSA) is 89.9 Å². The van der Waals surface area contributed by atoms with Crippen LogP contribution in [0.5, 0.6) is 0 Å². The highest BCUT2D eigenvalue weighted by Crippen LogP contribution is 2.18. The smallest absolute Gasteiger partial charge is 0.352 e. The summed E-state index contributed by atoms with van der Waals surface area (Å²) in [5.41, 5.74) is 0.305. The molecule has 1 N–H and O–H groups in total. The van der Waals surface area contributed by atoms with Crippen molar-refractivity contribution in [3.63, 3.8) is 0 Å². The highest BCUT2D eigenvalue weighted by Gasteiger charge is 2.28. The fourth-order valence-corrected chi connectivity index (χ4v) is 1.44. The zero-order chi connectivity index (χ0) is 15.1. The second-order valence-corrected chi connectivity index (χ2v) is 3.83. The Balaban J connectivity index is 2.86. The molecule has 0 spiro atoms. The van der Waals surface area contributed by atoms with Crippen LogP contribution in [-0.4, -0.2) is 29.1 Å². The lowest BCUT2D eigenvalue weighted by Crippen LogP contribution is -2.30. The first-order chi connectivity index (χ1) is 9.45. The number of carboxylic acid groups (broad SMARTS) is 1. The summed E-state index contributed by atoms with van der Waals surface area (Å²) >= 11 is 0. The standard InChI is InChI=1S/C14H14O6/c1-3-11(19-9(2)15)14(18)20-12(13(16)17)10-7-5-4-6-8-10/h3-8,11-12H,1H2,2H3,(H,16,17)/t11-,12-/m0/s1. The Labute approximate surface area is 115 Å². The lowest BCUT2D eigenvalue weighted by Gasteiger charge is -2.17. The predicted octanol–water partition coefficient (Wildman–Crippen LogP) is 1.47. The SMILES string of the molecule is C=C[C@H](OC(C)=O)C(=O)O[C@H](C(=O)O)c1ccccc1. The fourth-order valence-electron chi connectivity index (χ4n) is 1.44. The molecule has 1 aromatic carbocycles. The Morgan fingerprint density at radius 2 is 1.80 bits per heavy atom. The second-order valence-electron chi connectivity index (χ2n) is 3.83. The number of rotatable bonds is 6. The molecule has 6 heteroatoms. The molecule has 0 aliphatic carbocycles. The van der Waals surface area contributed by atoms with Gasteiger partial charge in [0.15, 0.2) is 0 Å². The van der Waals surface area contributed by atoms with Crippen molar-refractivity contribution >= 4 is 17.9 Å². The number of benzene rings is 1. The van der Waals surface area contributed by atoms with Crippen LogP contribution >= 0.6 is 0 Å². The summed E-state index contributed by atoms with van der Waals surface area (Å²) in [7, 11) is 0. The molecule has 0 aliphatic rings. The summed E-state index contributed by atoms with van der Waals surface area (Å²) in [4.78, 5) is 33.7. The zero-order valence-corrected chi connectivity index (χ0v) is 10.8. The van der Waals surface area contributed by atoms with Crippen LogP contribution in [0.1, 0.15) is 18.6 Å². The molecule has 1 aromatic rings. The van der Waals surface area contributed by atoms with Gasteiger partial charge in [0, 0.05) is 12.5 Å². The number of carboxylic acids is 1. The highest BCUT2D eigenvalue weighted by atomic mass is 16.6. The Hall–Kier alpha value is -2.63. The van der Waals surface area contributed by atoms with Gasteiger partial charge in [0.05, 0.1) is 0 Å². The summed E-state index contributed by atoms with van der Waals surface area (Å²) in [6.07, 6.45) is -1.74. The van der Waals surface area contributed by atoms with Crippen LogP contribution in [0.4, 0.5) is 0 Å². The van der Waals surface area contributed by atoms with Crippen molar-refractivity contribution < 1.29 is 29.0 Å². The van der Waals surface area contributed by atoms with E-state index in [1.54, 1.807) is 18.2 Å². The Morgan fingerprint density at radius 3 is 2.25 bits per heavy atom. The number of ether oxygens (including phenoxy) is 2. The highest BCUT2D eigenvalue weighted by molar-refractivity contribution is 5.84. The second kappa shape index (κ2) is 7.08. The van der Waals surface area contributed by atoms with Crippen LogP contribution in [0.3, 0.4) is 0 Å². The molecule has 0 saturated heterocycles. The minimum atomic E-state index is -1.47. The molecule has 0 aromatic heterocycles. The normalized spacial score (nSPS) is 12.8. The molecule has 2 atom stereocenters. The molecule has 0 unspecified atom stereocenters. The van der Waals surface area contributed by atoms with E-state index in [1.807, 2.05) is 0 Å². The number of aliphatic carboxylic acids is 1. The predicted molar refractivity (Wildman–Crippen MR) is 68.7 cm³/mol. The van der Waals surface area contributed by atoms with Crippen molar-refractivity contribution in [1.29, 1.82) is 0 Å². The van der Waals surface area contributed by atoms with Crippen LogP contribution in [-0.2, 0) is 23.9 Å². The molecule has 0 bridgehead atoms. The molecule has 1 rings (SSSR count). The van der Waals surface area contributed by atoms with E-state index >= 15 is 0 Å². The third kappa shape index (κ3) is 4.24. The van der Waals surface area contributed by atoms with Gasteiger partial charge < -0.3 is 14.6 Å². The molecular weight excluding hydrogens is 264 g/mol. The molecule has 20 heavy (non-hydrogen) atoms. The molecule has 0 amide bonds. The van der Waals surface area contributed by atoms with Gasteiger partial charge in [-0.15, -0.1) is 0 Å². The maximum atomic E-state index is 11.8. The lowest BCUT2D eigenvalue weighted by molar-refractivity contribution is -0.174. The first kappa shape index (κ1) is 15.4. The van der Waals surface area contributed by atoms with Crippen LogP contribution in [0.2, 0.25) is 0 Å². The summed E-state index contributed by atoms with van der Waals surface area (Å²) in [5, 5.41) is 9.10. The van der Waals surface area contributed by atoms with Gasteiger partial charge in [-0.1, -0.05) is 36.9 Å². The largest absolute Gasteiger partial charge is 0.478 e. The van der Waals surface area contributed by atoms with Gasteiger partial charge in [-0.2, -0.15) is 0 Å². The van der Waals surface area contributed by atoms with E-state index in [0.717, 1.165) is 13.0 Å². The zero-order valence-electron chi connectivity index (χ0n) is 10.8. The fraction of sp³-hybridized carbons (Fsp3) is 0.214. The molecule has 0 fully saturated rings. The summed E-state index contributed by atoms with van der Waals surface area (Å²) in [5.74, 6) is -3.01. The Morgan fingerprint density at radius 1 is 1.20 bits per heavy atom. The molecule has 106 valence electrons. The van der Waals surface area contributed by atoms with Crippen molar-refractivity contribution in [3.05, 3.63) is 48.6 Å². The van der Waals surface area contributed by atoms with Crippen LogP contribution in [0.15, 0.2) is 43.0 Å². The van der Waals surface area contributed by atoms with Crippen LogP contribution in [0.25, 0.3) is 0 Å². The monoisotopic (exact) mass is 278 g/mol. The van der Waals surface area contributed by atoms with E-state index in [-0.39, 0.29) is 0 Å². The van der Waals surface area contributed by atoms with E-state index in [2.05, 4.69) is 11.3 Å². The van der Waals surface area contributed by atoms with Crippen molar-refractivity contribution in [2.24, 2.45) is 0 Å². The molecule has 6 nitrogen and oxygen atoms in total. The van der Waals surface area contributed by atoms with E-state index in [4.69, 9.17) is 9.84 Å². The summed E-state index contributed by atoms with van der Waals surface area (Å²) in [6.45, 7) is 4.46. The van der Waals surface area contributed by atoms with Crippen LogP contribution < -0.4 is 0 Å². The van der Waals surface area contributed by atoms with Crippen molar-refractivity contribution in [2.75, 3.05) is 0 Å². The van der Waals surface area contributed by atoms with Gasteiger partial charge >= 0.3 is 17.9 Å². The van der Waals surface area contributed by atoms with E-state index < -0.39 is 30.1 Å². The number of hydrogen-bond donors (Lipinski definition) is 1. The van der Waals surface area contributed by atoms with Crippen molar-refractivity contribution in [2.45, 2.75) is 19.1 Å². The molecular formula is C14H14O6. The maximum Gasteiger partial charge on any atom is 0.352 e. The Bertz CT molecular complexity index is 508. The van der Waals surface area contributed by atoms with Crippen molar-refractivity contribution in [1.82, 2.24) is 0 Å². The van der Waals surface area contributed by atoms with Gasteiger partial charge in [-0.25, -0.2) is 9.59 Å². The minimum absolute atomic E-state index is 0.305. The molecule has 0 aliphatic heterocycles. The number of esters is 2. The molecule has 0 saturated carbocycles. The molecule has 0 radical (unpaired) electrons. The van der Waals surface area contributed by atoms with Crippen molar-refractivity contribution in [3.8, 4) is 0 Å². The summed E-state index contributed by atoms with van der Waals surface area (Å²) in [6, 6.07) is 7.98. The van der Waals surface area contributed by atoms with E-state index in [1.165, 1.54) is 12.1 Å². The minimum Gasteiger partial charge on any atom is -0.478 e. The molecule has 0 heterocycles. The number of carbonyl (C=O) groups excluding carboxylic acids is 2. The quantitative estimate of drug-likeness (QED) is 0.626. The van der Waals surface area contributed by atoms with Crippen LogP contribution in [0, 0.1) is 0 Å².